The van der Waals surface area contributed by atoms with Crippen LogP contribution < -0.4 is 0 Å². The standard InChI is InChI=1S/C23H42O2/c1-2-3-4-5-6-7-8-9-10-11-12-13-14-15-16-18-21-24-23-20-17-19-22-25-23/h7-8,12-13,23H,2-6,9-11,14-22H2,1H3/b8-7-,13-12-. The molecule has 0 spiro atoms. The summed E-state index contributed by atoms with van der Waals surface area (Å²) in [5.41, 5.74) is 0. The topological polar surface area (TPSA) is 18.5 Å². The molecule has 0 radical (unpaired) electrons. The minimum Gasteiger partial charge on any atom is -0.353 e. The molecule has 0 bridgehead atoms. The lowest BCUT2D eigenvalue weighted by Gasteiger charge is -2.22. The summed E-state index contributed by atoms with van der Waals surface area (Å²) in [4.78, 5) is 0. The summed E-state index contributed by atoms with van der Waals surface area (Å²) in [7, 11) is 0. The molecule has 0 N–H and O–H groups in total. The Labute approximate surface area is 157 Å². The van der Waals surface area contributed by atoms with E-state index in [9.17, 15) is 0 Å². The zero-order valence-corrected chi connectivity index (χ0v) is 16.7. The third kappa shape index (κ3) is 15.4. The van der Waals surface area contributed by atoms with Gasteiger partial charge in [0, 0.05) is 13.2 Å². The molecule has 25 heavy (non-hydrogen) atoms. The van der Waals surface area contributed by atoms with Crippen LogP contribution in [0.5, 0.6) is 0 Å². The monoisotopic (exact) mass is 350 g/mol. The summed E-state index contributed by atoms with van der Waals surface area (Å²) >= 11 is 0. The Bertz CT molecular complexity index is 316. The predicted octanol–water partition coefficient (Wildman–Crippen LogP) is 7.34. The Hall–Kier alpha value is -0.600. The van der Waals surface area contributed by atoms with Gasteiger partial charge in [-0.1, -0.05) is 56.9 Å². The molecule has 0 aliphatic carbocycles. The van der Waals surface area contributed by atoms with Gasteiger partial charge in [0.2, 0.25) is 0 Å². The highest BCUT2D eigenvalue weighted by atomic mass is 16.7. The van der Waals surface area contributed by atoms with E-state index in [0.29, 0.717) is 0 Å². The molecular formula is C23H42O2. The number of hydrogen-bond acceptors (Lipinski definition) is 2. The van der Waals surface area contributed by atoms with Gasteiger partial charge in [0.15, 0.2) is 6.29 Å². The second-order valence-electron chi connectivity index (χ2n) is 7.24. The van der Waals surface area contributed by atoms with E-state index < -0.39 is 0 Å². The van der Waals surface area contributed by atoms with E-state index in [2.05, 4.69) is 31.2 Å². The molecular weight excluding hydrogens is 308 g/mol. The number of allylic oxidation sites excluding steroid dienone is 4. The van der Waals surface area contributed by atoms with Crippen LogP contribution in [0.25, 0.3) is 0 Å². The Morgan fingerprint density at radius 3 is 2.00 bits per heavy atom. The lowest BCUT2D eigenvalue weighted by atomic mass is 10.1. The van der Waals surface area contributed by atoms with Crippen LogP contribution in [-0.2, 0) is 9.47 Å². The van der Waals surface area contributed by atoms with E-state index in [4.69, 9.17) is 9.47 Å². The fourth-order valence-corrected chi connectivity index (χ4v) is 3.11. The van der Waals surface area contributed by atoms with E-state index in [1.54, 1.807) is 0 Å². The fourth-order valence-electron chi connectivity index (χ4n) is 3.11. The molecule has 1 aliphatic rings. The van der Waals surface area contributed by atoms with Crippen molar-refractivity contribution in [1.82, 2.24) is 0 Å². The van der Waals surface area contributed by atoms with E-state index in [0.717, 1.165) is 26.1 Å². The first-order chi connectivity index (χ1) is 12.4. The van der Waals surface area contributed by atoms with Crippen LogP contribution in [0.2, 0.25) is 0 Å². The molecule has 146 valence electrons. The SMILES string of the molecule is CCCCCC/C=C\CCC/C=C\CCCCCOC1CCCCO1. The maximum absolute atomic E-state index is 5.76. The van der Waals surface area contributed by atoms with Crippen molar-refractivity contribution in [2.75, 3.05) is 13.2 Å². The van der Waals surface area contributed by atoms with Crippen molar-refractivity contribution in [1.29, 1.82) is 0 Å². The van der Waals surface area contributed by atoms with Crippen molar-refractivity contribution in [3.63, 3.8) is 0 Å². The highest BCUT2D eigenvalue weighted by Gasteiger charge is 2.12. The van der Waals surface area contributed by atoms with Gasteiger partial charge in [-0.25, -0.2) is 0 Å². The summed E-state index contributed by atoms with van der Waals surface area (Å²) in [6.45, 7) is 4.01. The Kier molecular flexibility index (Phi) is 16.3. The first-order valence-electron chi connectivity index (χ1n) is 11.0. The molecule has 1 atom stereocenters. The van der Waals surface area contributed by atoms with Crippen molar-refractivity contribution in [3.8, 4) is 0 Å². The molecule has 0 aromatic heterocycles. The van der Waals surface area contributed by atoms with Crippen molar-refractivity contribution < 1.29 is 9.47 Å². The van der Waals surface area contributed by atoms with Crippen molar-refractivity contribution >= 4 is 0 Å². The fraction of sp³-hybridized carbons (Fsp3) is 0.826. The average molecular weight is 351 g/mol. The number of unbranched alkanes of at least 4 members (excludes halogenated alkanes) is 9. The van der Waals surface area contributed by atoms with Gasteiger partial charge in [-0.05, 0) is 70.6 Å². The lowest BCUT2D eigenvalue weighted by Crippen LogP contribution is -2.22. The van der Waals surface area contributed by atoms with E-state index in [1.807, 2.05) is 0 Å². The molecule has 0 aromatic rings. The van der Waals surface area contributed by atoms with Gasteiger partial charge in [0.1, 0.15) is 0 Å². The largest absolute Gasteiger partial charge is 0.353 e. The van der Waals surface area contributed by atoms with E-state index in [1.165, 1.54) is 83.5 Å². The Morgan fingerprint density at radius 1 is 0.760 bits per heavy atom. The Morgan fingerprint density at radius 2 is 1.40 bits per heavy atom. The first-order valence-corrected chi connectivity index (χ1v) is 11.0. The van der Waals surface area contributed by atoms with Crippen LogP contribution in [0.15, 0.2) is 24.3 Å². The minimum absolute atomic E-state index is 0.0824. The van der Waals surface area contributed by atoms with Gasteiger partial charge in [-0.3, -0.25) is 0 Å². The molecule has 0 aromatic carbocycles. The molecule has 0 amide bonds. The second-order valence-corrected chi connectivity index (χ2v) is 7.24. The first kappa shape index (κ1) is 22.4. The number of rotatable bonds is 16. The average Bonchev–Trinajstić information content (AvgIpc) is 2.65. The van der Waals surface area contributed by atoms with Crippen molar-refractivity contribution in [3.05, 3.63) is 24.3 Å². The van der Waals surface area contributed by atoms with Gasteiger partial charge in [0.25, 0.3) is 0 Å². The highest BCUT2D eigenvalue weighted by molar-refractivity contribution is 4.85. The zero-order valence-electron chi connectivity index (χ0n) is 16.7. The van der Waals surface area contributed by atoms with E-state index >= 15 is 0 Å². The minimum atomic E-state index is 0.0824. The smallest absolute Gasteiger partial charge is 0.157 e. The molecule has 1 fully saturated rings. The van der Waals surface area contributed by atoms with Crippen molar-refractivity contribution in [2.45, 2.75) is 110 Å². The van der Waals surface area contributed by atoms with E-state index in [-0.39, 0.29) is 6.29 Å². The van der Waals surface area contributed by atoms with Crippen molar-refractivity contribution in [2.24, 2.45) is 0 Å². The molecule has 2 heteroatoms. The van der Waals surface area contributed by atoms with Crippen LogP contribution in [-0.4, -0.2) is 19.5 Å². The summed E-state index contributed by atoms with van der Waals surface area (Å²) in [5.74, 6) is 0. The maximum Gasteiger partial charge on any atom is 0.157 e. The Balaban J connectivity index is 1.75. The normalized spacial score (nSPS) is 18.5. The maximum atomic E-state index is 5.76. The summed E-state index contributed by atoms with van der Waals surface area (Å²) in [6, 6.07) is 0. The third-order valence-electron chi connectivity index (χ3n) is 4.76. The number of ether oxygens (including phenoxy) is 2. The van der Waals surface area contributed by atoms with Gasteiger partial charge >= 0.3 is 0 Å². The summed E-state index contributed by atoms with van der Waals surface area (Å²) < 4.78 is 11.3. The zero-order chi connectivity index (χ0) is 17.8. The van der Waals surface area contributed by atoms with Crippen LogP contribution in [0.4, 0.5) is 0 Å². The van der Waals surface area contributed by atoms with Crippen LogP contribution in [0.1, 0.15) is 103 Å². The van der Waals surface area contributed by atoms with Gasteiger partial charge in [0.05, 0.1) is 0 Å². The molecule has 1 saturated heterocycles. The predicted molar refractivity (Wildman–Crippen MR) is 109 cm³/mol. The quantitative estimate of drug-likeness (QED) is 0.214. The number of hydrogen-bond donors (Lipinski definition) is 0. The second kappa shape index (κ2) is 18.2. The molecule has 1 heterocycles. The molecule has 1 aliphatic heterocycles. The van der Waals surface area contributed by atoms with Crippen LogP contribution >= 0.6 is 0 Å². The summed E-state index contributed by atoms with van der Waals surface area (Å²) in [6.07, 6.45) is 28.5. The highest BCUT2D eigenvalue weighted by Crippen LogP contribution is 2.14. The molecule has 1 rings (SSSR count). The lowest BCUT2D eigenvalue weighted by molar-refractivity contribution is -0.162. The molecule has 2 nitrogen and oxygen atoms in total. The van der Waals surface area contributed by atoms with Gasteiger partial charge < -0.3 is 9.47 Å². The van der Waals surface area contributed by atoms with Gasteiger partial charge in [-0.15, -0.1) is 0 Å². The van der Waals surface area contributed by atoms with Crippen LogP contribution in [0.3, 0.4) is 0 Å². The molecule has 0 saturated carbocycles. The van der Waals surface area contributed by atoms with Gasteiger partial charge in [-0.2, -0.15) is 0 Å². The summed E-state index contributed by atoms with van der Waals surface area (Å²) in [5, 5.41) is 0. The third-order valence-corrected chi connectivity index (χ3v) is 4.76. The van der Waals surface area contributed by atoms with Crippen LogP contribution in [0, 0.1) is 0 Å². The molecule has 1 unspecified atom stereocenters.